The Labute approximate surface area is 162 Å². The van der Waals surface area contributed by atoms with Crippen molar-refractivity contribution in [3.63, 3.8) is 0 Å². The zero-order valence-corrected chi connectivity index (χ0v) is 15.9. The number of benzene rings is 1. The standard InChI is InChI=1S/C21H22N4O3/c1-12-19(28-13(2)23-12)21(27)25-9-5-7-15(11-25)18-16(20(22)26)10-14-6-3-4-8-17(14)24-18/h3-4,6,8,10,15H,5,7,9,11H2,1-2H3,(H2,22,26). The van der Waals surface area contributed by atoms with Gasteiger partial charge in [-0.15, -0.1) is 0 Å². The maximum atomic E-state index is 12.9. The molecule has 2 N–H and O–H groups in total. The molecule has 3 aromatic rings. The smallest absolute Gasteiger partial charge is 0.291 e. The third-order valence-electron chi connectivity index (χ3n) is 5.21. The molecule has 2 amide bonds. The van der Waals surface area contributed by atoms with Crippen molar-refractivity contribution in [1.82, 2.24) is 14.9 Å². The van der Waals surface area contributed by atoms with Gasteiger partial charge >= 0.3 is 0 Å². The molecular formula is C21H22N4O3. The van der Waals surface area contributed by atoms with E-state index in [9.17, 15) is 9.59 Å². The van der Waals surface area contributed by atoms with E-state index in [1.54, 1.807) is 24.8 Å². The number of amides is 2. The van der Waals surface area contributed by atoms with Crippen LogP contribution in [0.15, 0.2) is 34.7 Å². The van der Waals surface area contributed by atoms with Crippen LogP contribution in [0.2, 0.25) is 0 Å². The van der Waals surface area contributed by atoms with Crippen molar-refractivity contribution in [1.29, 1.82) is 0 Å². The molecule has 1 fully saturated rings. The highest BCUT2D eigenvalue weighted by Crippen LogP contribution is 2.31. The number of pyridine rings is 1. The average molecular weight is 378 g/mol. The molecule has 1 unspecified atom stereocenters. The summed E-state index contributed by atoms with van der Waals surface area (Å²) in [6.45, 7) is 4.58. The summed E-state index contributed by atoms with van der Waals surface area (Å²) in [5.41, 5.74) is 8.12. The van der Waals surface area contributed by atoms with Gasteiger partial charge in [0.25, 0.3) is 11.8 Å². The van der Waals surface area contributed by atoms with Crippen LogP contribution in [-0.2, 0) is 0 Å². The number of nitrogens with two attached hydrogens (primary N) is 1. The van der Waals surface area contributed by atoms with Crippen molar-refractivity contribution < 1.29 is 14.0 Å². The van der Waals surface area contributed by atoms with Gasteiger partial charge in [0.1, 0.15) is 0 Å². The highest BCUT2D eigenvalue weighted by Gasteiger charge is 2.31. The summed E-state index contributed by atoms with van der Waals surface area (Å²) in [4.78, 5) is 35.7. The van der Waals surface area contributed by atoms with Crippen LogP contribution >= 0.6 is 0 Å². The summed E-state index contributed by atoms with van der Waals surface area (Å²) < 4.78 is 5.50. The normalized spacial score (nSPS) is 17.1. The van der Waals surface area contributed by atoms with Crippen LogP contribution in [0.25, 0.3) is 10.9 Å². The molecule has 0 spiro atoms. The minimum Gasteiger partial charge on any atom is -0.436 e. The quantitative estimate of drug-likeness (QED) is 0.755. The number of hydrogen-bond donors (Lipinski definition) is 1. The van der Waals surface area contributed by atoms with Crippen LogP contribution in [0.3, 0.4) is 0 Å². The molecule has 28 heavy (non-hydrogen) atoms. The van der Waals surface area contributed by atoms with Crippen molar-refractivity contribution in [2.45, 2.75) is 32.6 Å². The number of fused-ring (bicyclic) bond motifs is 1. The van der Waals surface area contributed by atoms with Gasteiger partial charge in [0.05, 0.1) is 22.5 Å². The second-order valence-corrected chi connectivity index (χ2v) is 7.22. The largest absolute Gasteiger partial charge is 0.436 e. The van der Waals surface area contributed by atoms with Crippen LogP contribution in [0.4, 0.5) is 0 Å². The average Bonchev–Trinajstić information content (AvgIpc) is 3.04. The number of aromatic nitrogens is 2. The van der Waals surface area contributed by atoms with E-state index in [-0.39, 0.29) is 17.6 Å². The van der Waals surface area contributed by atoms with Gasteiger partial charge < -0.3 is 15.1 Å². The molecule has 144 valence electrons. The predicted octanol–water partition coefficient (Wildman–Crippen LogP) is 2.96. The molecule has 7 heteroatoms. The molecule has 1 aromatic carbocycles. The summed E-state index contributed by atoms with van der Waals surface area (Å²) in [6.07, 6.45) is 1.65. The number of rotatable bonds is 3. The molecule has 0 saturated carbocycles. The Morgan fingerprint density at radius 1 is 1.21 bits per heavy atom. The Balaban J connectivity index is 1.68. The molecule has 0 bridgehead atoms. The fourth-order valence-corrected chi connectivity index (χ4v) is 3.90. The Morgan fingerprint density at radius 3 is 2.71 bits per heavy atom. The Bertz CT molecular complexity index is 1070. The first-order valence-corrected chi connectivity index (χ1v) is 9.37. The number of carbonyl (C=O) groups excluding carboxylic acids is 2. The van der Waals surface area contributed by atoms with Crippen LogP contribution < -0.4 is 5.73 Å². The number of aryl methyl sites for hydroxylation is 2. The first-order valence-electron chi connectivity index (χ1n) is 9.37. The minimum atomic E-state index is -0.501. The summed E-state index contributed by atoms with van der Waals surface area (Å²) in [6, 6.07) is 9.43. The van der Waals surface area contributed by atoms with E-state index in [1.807, 2.05) is 24.3 Å². The number of likely N-dealkylation sites (tertiary alicyclic amines) is 1. The number of oxazole rings is 1. The van der Waals surface area contributed by atoms with Crippen molar-refractivity contribution in [3.8, 4) is 0 Å². The number of carbonyl (C=O) groups is 2. The van der Waals surface area contributed by atoms with Crippen LogP contribution in [0.1, 0.15) is 57.0 Å². The molecule has 7 nitrogen and oxygen atoms in total. The maximum Gasteiger partial charge on any atom is 0.291 e. The molecule has 3 heterocycles. The highest BCUT2D eigenvalue weighted by atomic mass is 16.4. The fraction of sp³-hybridized carbons (Fsp3) is 0.333. The van der Waals surface area contributed by atoms with Gasteiger partial charge in [-0.2, -0.15) is 0 Å². The van der Waals surface area contributed by atoms with E-state index in [1.165, 1.54) is 0 Å². The van der Waals surface area contributed by atoms with Crippen molar-refractivity contribution in [3.05, 3.63) is 58.9 Å². The molecule has 1 saturated heterocycles. The second kappa shape index (κ2) is 7.07. The highest BCUT2D eigenvalue weighted by molar-refractivity contribution is 5.98. The topological polar surface area (TPSA) is 102 Å². The summed E-state index contributed by atoms with van der Waals surface area (Å²) in [5.74, 6) is 0.0121. The third kappa shape index (κ3) is 3.24. The number of hydrogen-bond acceptors (Lipinski definition) is 5. The van der Waals surface area contributed by atoms with Crippen LogP contribution in [-0.4, -0.2) is 39.8 Å². The van der Waals surface area contributed by atoms with E-state index in [4.69, 9.17) is 15.1 Å². The Kier molecular flexibility index (Phi) is 4.58. The van der Waals surface area contributed by atoms with E-state index in [2.05, 4.69) is 4.98 Å². The molecule has 1 aliphatic heterocycles. The number of nitrogens with zero attached hydrogens (tertiary/aromatic N) is 3. The minimum absolute atomic E-state index is 0.0610. The van der Waals surface area contributed by atoms with Gasteiger partial charge in [-0.05, 0) is 31.9 Å². The maximum absolute atomic E-state index is 12.9. The predicted molar refractivity (Wildman–Crippen MR) is 104 cm³/mol. The van der Waals surface area contributed by atoms with Gasteiger partial charge in [0.2, 0.25) is 5.76 Å². The molecule has 2 aromatic heterocycles. The molecule has 1 aliphatic rings. The third-order valence-corrected chi connectivity index (χ3v) is 5.21. The summed E-state index contributed by atoms with van der Waals surface area (Å²) in [7, 11) is 0. The molecule has 4 rings (SSSR count). The lowest BCUT2D eigenvalue weighted by atomic mass is 9.90. The number of para-hydroxylation sites is 1. The summed E-state index contributed by atoms with van der Waals surface area (Å²) in [5, 5.41) is 0.872. The molecular weight excluding hydrogens is 356 g/mol. The SMILES string of the molecule is Cc1nc(C)c(C(=O)N2CCCC(c3nc4ccccc4cc3C(N)=O)C2)o1. The zero-order valence-electron chi connectivity index (χ0n) is 15.9. The molecule has 0 aliphatic carbocycles. The molecule has 0 radical (unpaired) electrons. The van der Waals surface area contributed by atoms with E-state index < -0.39 is 5.91 Å². The van der Waals surface area contributed by atoms with Crippen LogP contribution in [0.5, 0.6) is 0 Å². The van der Waals surface area contributed by atoms with Gasteiger partial charge in [-0.1, -0.05) is 18.2 Å². The lowest BCUT2D eigenvalue weighted by Crippen LogP contribution is -2.40. The summed E-state index contributed by atoms with van der Waals surface area (Å²) >= 11 is 0. The number of piperidine rings is 1. The zero-order chi connectivity index (χ0) is 19.8. The van der Waals surface area contributed by atoms with Gasteiger partial charge in [0.15, 0.2) is 5.89 Å². The lowest BCUT2D eigenvalue weighted by molar-refractivity contribution is 0.0671. The molecule has 1 atom stereocenters. The van der Waals surface area contributed by atoms with Gasteiger partial charge in [0, 0.05) is 31.3 Å². The van der Waals surface area contributed by atoms with E-state index in [0.29, 0.717) is 35.9 Å². The van der Waals surface area contributed by atoms with Crippen LogP contribution in [0, 0.1) is 13.8 Å². The first kappa shape index (κ1) is 18.2. The second-order valence-electron chi connectivity index (χ2n) is 7.22. The number of primary amides is 1. The van der Waals surface area contributed by atoms with Crippen molar-refractivity contribution >= 4 is 22.7 Å². The lowest BCUT2D eigenvalue weighted by Gasteiger charge is -2.32. The van der Waals surface area contributed by atoms with Gasteiger partial charge in [-0.25, -0.2) is 4.98 Å². The Hall–Kier alpha value is -3.22. The van der Waals surface area contributed by atoms with Crippen molar-refractivity contribution in [2.24, 2.45) is 5.73 Å². The first-order chi connectivity index (χ1) is 13.4. The van der Waals surface area contributed by atoms with E-state index in [0.717, 1.165) is 23.7 Å². The van der Waals surface area contributed by atoms with Gasteiger partial charge in [-0.3, -0.25) is 14.6 Å². The van der Waals surface area contributed by atoms with Crippen molar-refractivity contribution in [2.75, 3.05) is 13.1 Å². The Morgan fingerprint density at radius 2 is 2.00 bits per heavy atom. The fourth-order valence-electron chi connectivity index (χ4n) is 3.90. The van der Waals surface area contributed by atoms with E-state index >= 15 is 0 Å². The monoisotopic (exact) mass is 378 g/mol.